The Labute approximate surface area is 98.0 Å². The van der Waals surface area contributed by atoms with Crippen molar-refractivity contribution in [3.8, 4) is 5.69 Å². The Balaban J connectivity index is 2.08. The highest BCUT2D eigenvalue weighted by Crippen LogP contribution is 2.09. The molecule has 5 heteroatoms. The molecule has 1 heterocycles. The highest BCUT2D eigenvalue weighted by Gasteiger charge is 1.96. The van der Waals surface area contributed by atoms with Gasteiger partial charge < -0.3 is 5.11 Å². The van der Waals surface area contributed by atoms with Crippen LogP contribution in [0.3, 0.4) is 0 Å². The number of rotatable bonds is 4. The summed E-state index contributed by atoms with van der Waals surface area (Å²) in [6, 6.07) is 7.59. The maximum absolute atomic E-state index is 10.3. The summed E-state index contributed by atoms with van der Waals surface area (Å²) in [4.78, 5) is 14.2. The predicted molar refractivity (Wildman–Crippen MR) is 62.6 cm³/mol. The van der Waals surface area contributed by atoms with E-state index in [4.69, 9.17) is 5.11 Å². The molecule has 1 aromatic heterocycles. The number of carboxylic acid groups (broad SMARTS) is 1. The van der Waals surface area contributed by atoms with Gasteiger partial charge in [-0.3, -0.25) is 4.79 Å². The molecule has 86 valence electrons. The lowest BCUT2D eigenvalue weighted by Gasteiger charge is -2.00. The van der Waals surface area contributed by atoms with E-state index in [-0.39, 0.29) is 6.42 Å². The van der Waals surface area contributed by atoms with Gasteiger partial charge in [0.05, 0.1) is 12.1 Å². The zero-order valence-corrected chi connectivity index (χ0v) is 9.02. The lowest BCUT2D eigenvalue weighted by atomic mass is 10.2. The smallest absolute Gasteiger partial charge is 0.307 e. The summed E-state index contributed by atoms with van der Waals surface area (Å²) in [7, 11) is 0. The molecule has 0 fully saturated rings. The van der Waals surface area contributed by atoms with Crippen molar-refractivity contribution in [1.29, 1.82) is 0 Å². The zero-order valence-electron chi connectivity index (χ0n) is 9.02. The standard InChI is InChI=1S/C12H11N3O2/c16-12(17)3-1-2-10-4-6-11(7-5-10)15-9-13-8-14-15/h1-2,4-9H,3H2,(H,16,17). The van der Waals surface area contributed by atoms with Gasteiger partial charge in [-0.25, -0.2) is 9.67 Å². The van der Waals surface area contributed by atoms with E-state index in [1.54, 1.807) is 23.2 Å². The highest BCUT2D eigenvalue weighted by atomic mass is 16.4. The Morgan fingerprint density at radius 1 is 1.35 bits per heavy atom. The Hall–Kier alpha value is -2.43. The van der Waals surface area contributed by atoms with Crippen molar-refractivity contribution in [1.82, 2.24) is 14.8 Å². The zero-order chi connectivity index (χ0) is 12.1. The van der Waals surface area contributed by atoms with Gasteiger partial charge in [0.15, 0.2) is 0 Å². The first-order valence-electron chi connectivity index (χ1n) is 5.09. The number of carbonyl (C=O) groups is 1. The minimum absolute atomic E-state index is 0.0326. The lowest BCUT2D eigenvalue weighted by Crippen LogP contribution is -1.93. The maximum Gasteiger partial charge on any atom is 0.307 e. The monoisotopic (exact) mass is 229 g/mol. The molecule has 0 saturated carbocycles. The van der Waals surface area contributed by atoms with Crippen LogP contribution in [0.1, 0.15) is 12.0 Å². The summed E-state index contributed by atoms with van der Waals surface area (Å²) >= 11 is 0. The molecule has 0 atom stereocenters. The normalized spacial score (nSPS) is 10.8. The average molecular weight is 229 g/mol. The molecule has 0 bridgehead atoms. The molecule has 0 saturated heterocycles. The van der Waals surface area contributed by atoms with Gasteiger partial charge in [-0.1, -0.05) is 24.3 Å². The molecule has 2 aromatic rings. The van der Waals surface area contributed by atoms with E-state index in [1.807, 2.05) is 24.3 Å². The number of nitrogens with zero attached hydrogens (tertiary/aromatic N) is 3. The first-order valence-corrected chi connectivity index (χ1v) is 5.09. The summed E-state index contributed by atoms with van der Waals surface area (Å²) in [6.07, 6.45) is 6.52. The largest absolute Gasteiger partial charge is 0.481 e. The first-order chi connectivity index (χ1) is 8.25. The summed E-state index contributed by atoms with van der Waals surface area (Å²) in [5.41, 5.74) is 1.87. The van der Waals surface area contributed by atoms with E-state index in [0.717, 1.165) is 11.3 Å². The SMILES string of the molecule is O=C(O)CC=Cc1ccc(-n2cncn2)cc1. The van der Waals surface area contributed by atoms with Crippen LogP contribution in [0.15, 0.2) is 43.0 Å². The van der Waals surface area contributed by atoms with Gasteiger partial charge >= 0.3 is 5.97 Å². The van der Waals surface area contributed by atoms with Crippen molar-refractivity contribution < 1.29 is 9.90 Å². The van der Waals surface area contributed by atoms with Crippen LogP contribution in [0.4, 0.5) is 0 Å². The van der Waals surface area contributed by atoms with Gasteiger partial charge in [-0.2, -0.15) is 5.10 Å². The summed E-state index contributed by atoms with van der Waals surface area (Å²) < 4.78 is 1.66. The van der Waals surface area contributed by atoms with Crippen molar-refractivity contribution in [3.63, 3.8) is 0 Å². The second-order valence-corrected chi connectivity index (χ2v) is 3.43. The number of aromatic nitrogens is 3. The molecule has 17 heavy (non-hydrogen) atoms. The predicted octanol–water partition coefficient (Wildman–Crippen LogP) is 1.76. The molecule has 0 aliphatic heterocycles. The van der Waals surface area contributed by atoms with Gasteiger partial charge in [0.25, 0.3) is 0 Å². The number of hydrogen-bond acceptors (Lipinski definition) is 3. The van der Waals surface area contributed by atoms with Crippen molar-refractivity contribution in [2.45, 2.75) is 6.42 Å². The van der Waals surface area contributed by atoms with Crippen molar-refractivity contribution in [2.75, 3.05) is 0 Å². The average Bonchev–Trinajstić information content (AvgIpc) is 2.83. The van der Waals surface area contributed by atoms with E-state index in [0.29, 0.717) is 0 Å². The van der Waals surface area contributed by atoms with Crippen molar-refractivity contribution >= 4 is 12.0 Å². The minimum Gasteiger partial charge on any atom is -0.481 e. The highest BCUT2D eigenvalue weighted by molar-refractivity contribution is 5.70. The second kappa shape index (κ2) is 5.07. The Bertz CT molecular complexity index is 515. The van der Waals surface area contributed by atoms with Gasteiger partial charge in [0.2, 0.25) is 0 Å². The van der Waals surface area contributed by atoms with Gasteiger partial charge in [-0.05, 0) is 17.7 Å². The molecule has 0 aliphatic carbocycles. The van der Waals surface area contributed by atoms with E-state index < -0.39 is 5.97 Å². The Morgan fingerprint density at radius 3 is 2.71 bits per heavy atom. The third-order valence-electron chi connectivity index (χ3n) is 2.18. The third kappa shape index (κ3) is 3.01. The fourth-order valence-electron chi connectivity index (χ4n) is 1.38. The first kappa shape index (κ1) is 11.1. The molecule has 0 aliphatic rings. The molecule has 0 amide bonds. The molecule has 0 unspecified atom stereocenters. The second-order valence-electron chi connectivity index (χ2n) is 3.43. The van der Waals surface area contributed by atoms with E-state index >= 15 is 0 Å². The van der Waals surface area contributed by atoms with Crippen LogP contribution in [-0.4, -0.2) is 25.8 Å². The van der Waals surface area contributed by atoms with Crippen LogP contribution < -0.4 is 0 Å². The lowest BCUT2D eigenvalue weighted by molar-refractivity contribution is -0.135. The van der Waals surface area contributed by atoms with E-state index in [1.165, 1.54) is 6.33 Å². The third-order valence-corrected chi connectivity index (χ3v) is 2.18. The molecule has 0 spiro atoms. The van der Waals surface area contributed by atoms with Crippen LogP contribution in [0, 0.1) is 0 Å². The van der Waals surface area contributed by atoms with E-state index in [9.17, 15) is 4.79 Å². The van der Waals surface area contributed by atoms with Gasteiger partial charge in [0.1, 0.15) is 12.7 Å². The molecule has 5 nitrogen and oxygen atoms in total. The van der Waals surface area contributed by atoms with Gasteiger partial charge in [-0.15, -0.1) is 0 Å². The molecule has 2 rings (SSSR count). The molecular weight excluding hydrogens is 218 g/mol. The summed E-state index contributed by atoms with van der Waals surface area (Å²) in [6.45, 7) is 0. The molecular formula is C12H11N3O2. The Morgan fingerprint density at radius 2 is 2.12 bits per heavy atom. The number of benzene rings is 1. The summed E-state index contributed by atoms with van der Waals surface area (Å²) in [5, 5.41) is 12.5. The minimum atomic E-state index is -0.833. The van der Waals surface area contributed by atoms with Crippen molar-refractivity contribution in [2.24, 2.45) is 0 Å². The fraction of sp³-hybridized carbons (Fsp3) is 0.0833. The van der Waals surface area contributed by atoms with Crippen LogP contribution >= 0.6 is 0 Å². The Kier molecular flexibility index (Phi) is 3.30. The molecule has 1 aromatic carbocycles. The van der Waals surface area contributed by atoms with E-state index in [2.05, 4.69) is 10.1 Å². The quantitative estimate of drug-likeness (QED) is 0.867. The number of hydrogen-bond donors (Lipinski definition) is 1. The van der Waals surface area contributed by atoms with Crippen molar-refractivity contribution in [3.05, 3.63) is 48.6 Å². The fourth-order valence-corrected chi connectivity index (χ4v) is 1.38. The van der Waals surface area contributed by atoms with Crippen LogP contribution in [0.2, 0.25) is 0 Å². The number of carboxylic acids is 1. The number of aliphatic carboxylic acids is 1. The van der Waals surface area contributed by atoms with Crippen LogP contribution in [0.25, 0.3) is 11.8 Å². The maximum atomic E-state index is 10.3. The van der Waals surface area contributed by atoms with Gasteiger partial charge in [0, 0.05) is 0 Å². The molecule has 0 radical (unpaired) electrons. The summed E-state index contributed by atoms with van der Waals surface area (Å²) in [5.74, 6) is -0.833. The molecule has 1 N–H and O–H groups in total. The van der Waals surface area contributed by atoms with Crippen LogP contribution in [-0.2, 0) is 4.79 Å². The van der Waals surface area contributed by atoms with Crippen LogP contribution in [0.5, 0.6) is 0 Å². The topological polar surface area (TPSA) is 68.0 Å².